The van der Waals surface area contributed by atoms with Crippen molar-refractivity contribution < 1.29 is 14.6 Å². The lowest BCUT2D eigenvalue weighted by Gasteiger charge is -2.09. The lowest BCUT2D eigenvalue weighted by atomic mass is 10.3. The Morgan fingerprint density at radius 1 is 1.45 bits per heavy atom. The van der Waals surface area contributed by atoms with Gasteiger partial charge < -0.3 is 14.4 Å². The number of hydrogen-bond donors (Lipinski definition) is 1. The minimum Gasteiger partial charge on any atom is -0.466 e. The molecular weight excluding hydrogens is 276 g/mol. The molecule has 0 amide bonds. The zero-order chi connectivity index (χ0) is 14.8. The predicted molar refractivity (Wildman–Crippen MR) is 79.6 cm³/mol. The summed E-state index contributed by atoms with van der Waals surface area (Å²) in [6.07, 6.45) is 5.13. The number of imidazole rings is 1. The van der Waals surface area contributed by atoms with E-state index in [0.717, 1.165) is 42.4 Å². The molecule has 20 heavy (non-hydrogen) atoms. The van der Waals surface area contributed by atoms with E-state index in [9.17, 15) is 9.90 Å². The van der Waals surface area contributed by atoms with E-state index >= 15 is 0 Å². The first-order valence-electron chi connectivity index (χ1n) is 7.16. The van der Waals surface area contributed by atoms with Gasteiger partial charge in [0.1, 0.15) is 0 Å². The molecule has 0 saturated heterocycles. The molecule has 0 spiro atoms. The van der Waals surface area contributed by atoms with E-state index in [1.807, 2.05) is 6.92 Å². The summed E-state index contributed by atoms with van der Waals surface area (Å²) in [6.45, 7) is 5.29. The lowest BCUT2D eigenvalue weighted by Crippen LogP contribution is -2.06. The number of aliphatic hydroxyl groups excluding tert-OH is 1. The molecule has 0 aliphatic rings. The normalized spacial score (nSPS) is 10.8. The number of aromatic nitrogens is 2. The molecule has 0 bridgehead atoms. The Labute approximate surface area is 124 Å². The number of esters is 1. The van der Waals surface area contributed by atoms with E-state index in [-0.39, 0.29) is 12.6 Å². The van der Waals surface area contributed by atoms with E-state index in [2.05, 4.69) is 16.5 Å². The summed E-state index contributed by atoms with van der Waals surface area (Å²) < 4.78 is 6.96. The van der Waals surface area contributed by atoms with Crippen LogP contribution in [0.5, 0.6) is 0 Å². The van der Waals surface area contributed by atoms with Crippen molar-refractivity contribution in [2.45, 2.75) is 57.8 Å². The Balaban J connectivity index is 2.42. The van der Waals surface area contributed by atoms with Crippen molar-refractivity contribution in [3.8, 4) is 0 Å². The summed E-state index contributed by atoms with van der Waals surface area (Å²) in [5.41, 5.74) is 0.853. The molecule has 1 heterocycles. The van der Waals surface area contributed by atoms with Gasteiger partial charge in [-0.15, -0.1) is 0 Å². The SMILES string of the molecule is CCCCn1c(CO)cnc1SCCCC(=O)OCC. The molecule has 0 aromatic carbocycles. The summed E-state index contributed by atoms with van der Waals surface area (Å²) >= 11 is 1.63. The van der Waals surface area contributed by atoms with Crippen LogP contribution in [0.2, 0.25) is 0 Å². The highest BCUT2D eigenvalue weighted by atomic mass is 32.2. The highest BCUT2D eigenvalue weighted by Crippen LogP contribution is 2.21. The van der Waals surface area contributed by atoms with E-state index in [4.69, 9.17) is 4.74 Å². The van der Waals surface area contributed by atoms with Gasteiger partial charge in [0.2, 0.25) is 0 Å². The third-order valence-electron chi connectivity index (χ3n) is 2.86. The quantitative estimate of drug-likeness (QED) is 0.409. The van der Waals surface area contributed by atoms with Crippen LogP contribution >= 0.6 is 11.8 Å². The minimum atomic E-state index is -0.140. The first-order chi connectivity index (χ1) is 9.72. The third kappa shape index (κ3) is 5.54. The minimum absolute atomic E-state index is 0.0140. The number of hydrogen-bond acceptors (Lipinski definition) is 5. The monoisotopic (exact) mass is 300 g/mol. The lowest BCUT2D eigenvalue weighted by molar-refractivity contribution is -0.143. The molecule has 0 saturated carbocycles. The first kappa shape index (κ1) is 17.0. The zero-order valence-electron chi connectivity index (χ0n) is 12.3. The van der Waals surface area contributed by atoms with Gasteiger partial charge in [0.05, 0.1) is 25.1 Å². The number of nitrogens with zero attached hydrogens (tertiary/aromatic N) is 2. The number of aliphatic hydroxyl groups is 1. The van der Waals surface area contributed by atoms with Crippen molar-refractivity contribution in [2.75, 3.05) is 12.4 Å². The van der Waals surface area contributed by atoms with Crippen molar-refractivity contribution >= 4 is 17.7 Å². The van der Waals surface area contributed by atoms with Gasteiger partial charge in [0, 0.05) is 18.7 Å². The maximum Gasteiger partial charge on any atom is 0.305 e. The fraction of sp³-hybridized carbons (Fsp3) is 0.714. The van der Waals surface area contributed by atoms with E-state index in [1.54, 1.807) is 18.0 Å². The fourth-order valence-electron chi connectivity index (χ4n) is 1.80. The van der Waals surface area contributed by atoms with Crippen LogP contribution in [0.3, 0.4) is 0 Å². The molecule has 0 unspecified atom stereocenters. The summed E-state index contributed by atoms with van der Waals surface area (Å²) in [5.74, 6) is 0.686. The largest absolute Gasteiger partial charge is 0.466 e. The molecular formula is C14H24N2O3S. The molecule has 1 aromatic heterocycles. The Morgan fingerprint density at radius 2 is 2.25 bits per heavy atom. The number of ether oxygens (including phenoxy) is 1. The van der Waals surface area contributed by atoms with Crippen LogP contribution in [0.15, 0.2) is 11.4 Å². The van der Waals surface area contributed by atoms with Gasteiger partial charge in [-0.3, -0.25) is 4.79 Å². The van der Waals surface area contributed by atoms with Crippen molar-refractivity contribution in [2.24, 2.45) is 0 Å². The highest BCUT2D eigenvalue weighted by Gasteiger charge is 2.10. The fourth-order valence-corrected chi connectivity index (χ4v) is 2.76. The topological polar surface area (TPSA) is 64.3 Å². The van der Waals surface area contributed by atoms with E-state index < -0.39 is 0 Å². The molecule has 0 aliphatic heterocycles. The van der Waals surface area contributed by atoms with Crippen LogP contribution in [0.25, 0.3) is 0 Å². The van der Waals surface area contributed by atoms with Crippen LogP contribution in [0.4, 0.5) is 0 Å². The Bertz CT molecular complexity index is 407. The smallest absolute Gasteiger partial charge is 0.305 e. The van der Waals surface area contributed by atoms with Gasteiger partial charge >= 0.3 is 5.97 Å². The van der Waals surface area contributed by atoms with Gasteiger partial charge in [-0.25, -0.2) is 4.98 Å². The van der Waals surface area contributed by atoms with Crippen molar-refractivity contribution in [1.29, 1.82) is 0 Å². The van der Waals surface area contributed by atoms with Crippen LogP contribution in [0, 0.1) is 0 Å². The van der Waals surface area contributed by atoms with Gasteiger partial charge in [-0.2, -0.15) is 0 Å². The number of thioether (sulfide) groups is 1. The maximum atomic E-state index is 11.2. The average Bonchev–Trinajstić information content (AvgIpc) is 2.83. The van der Waals surface area contributed by atoms with Crippen LogP contribution in [-0.4, -0.2) is 33.0 Å². The van der Waals surface area contributed by atoms with Gasteiger partial charge in [0.25, 0.3) is 0 Å². The van der Waals surface area contributed by atoms with Gasteiger partial charge in [-0.05, 0) is 19.8 Å². The number of unbranched alkanes of at least 4 members (excludes halogenated alkanes) is 1. The van der Waals surface area contributed by atoms with Crippen molar-refractivity contribution in [3.63, 3.8) is 0 Å². The third-order valence-corrected chi connectivity index (χ3v) is 3.94. The second kappa shape index (κ2) is 9.83. The number of carbonyl (C=O) groups is 1. The second-order valence-corrected chi connectivity index (χ2v) is 5.51. The Kier molecular flexibility index (Phi) is 8.37. The molecule has 6 heteroatoms. The number of rotatable bonds is 10. The van der Waals surface area contributed by atoms with Crippen molar-refractivity contribution in [1.82, 2.24) is 9.55 Å². The summed E-state index contributed by atoms with van der Waals surface area (Å²) in [6, 6.07) is 0. The summed E-state index contributed by atoms with van der Waals surface area (Å²) in [4.78, 5) is 15.6. The average molecular weight is 300 g/mol. The van der Waals surface area contributed by atoms with Crippen LogP contribution < -0.4 is 0 Å². The first-order valence-corrected chi connectivity index (χ1v) is 8.15. The number of carbonyl (C=O) groups excluding carboxylic acids is 1. The summed E-state index contributed by atoms with van der Waals surface area (Å²) in [5, 5.41) is 10.2. The molecule has 5 nitrogen and oxygen atoms in total. The second-order valence-electron chi connectivity index (χ2n) is 4.45. The van der Waals surface area contributed by atoms with Gasteiger partial charge in [-0.1, -0.05) is 25.1 Å². The van der Waals surface area contributed by atoms with Gasteiger partial charge in [0.15, 0.2) is 5.16 Å². The molecule has 0 atom stereocenters. The summed E-state index contributed by atoms with van der Waals surface area (Å²) in [7, 11) is 0. The van der Waals surface area contributed by atoms with Crippen LogP contribution in [-0.2, 0) is 22.7 Å². The molecule has 1 N–H and O–H groups in total. The van der Waals surface area contributed by atoms with Crippen LogP contribution in [0.1, 0.15) is 45.2 Å². The molecule has 0 aliphatic carbocycles. The van der Waals surface area contributed by atoms with Crippen molar-refractivity contribution in [3.05, 3.63) is 11.9 Å². The Morgan fingerprint density at radius 3 is 2.90 bits per heavy atom. The molecule has 1 rings (SSSR count). The van der Waals surface area contributed by atoms with E-state index in [0.29, 0.717) is 13.0 Å². The standard InChI is InChI=1S/C14H24N2O3S/c1-3-5-8-16-12(11-17)10-15-14(16)20-9-6-7-13(18)19-4-2/h10,17H,3-9,11H2,1-2H3. The van der Waals surface area contributed by atoms with E-state index in [1.165, 1.54) is 0 Å². The zero-order valence-corrected chi connectivity index (χ0v) is 13.1. The molecule has 0 fully saturated rings. The molecule has 1 aromatic rings. The molecule has 0 radical (unpaired) electrons. The maximum absolute atomic E-state index is 11.2. The molecule has 114 valence electrons. The predicted octanol–water partition coefficient (Wildman–Crippen LogP) is 2.61. The Hall–Kier alpha value is -1.01. The highest BCUT2D eigenvalue weighted by molar-refractivity contribution is 7.99.